The maximum atomic E-state index is 12.4. The number of rotatable bonds is 4. The molecule has 3 rings (SSSR count). The summed E-state index contributed by atoms with van der Waals surface area (Å²) in [5.74, 6) is 0.347. The van der Waals surface area contributed by atoms with E-state index in [2.05, 4.69) is 16.0 Å². The summed E-state index contributed by atoms with van der Waals surface area (Å²) in [6.45, 7) is 5.33. The summed E-state index contributed by atoms with van der Waals surface area (Å²) in [5.41, 5.74) is 1.31. The van der Waals surface area contributed by atoms with Gasteiger partial charge in [0.25, 0.3) is 0 Å². The number of urea groups is 1. The van der Waals surface area contributed by atoms with Gasteiger partial charge in [0, 0.05) is 19.0 Å². The maximum absolute atomic E-state index is 12.4. The van der Waals surface area contributed by atoms with Crippen LogP contribution in [0, 0.1) is 11.8 Å². The molecular weight excluding hydrogens is 328 g/mol. The van der Waals surface area contributed by atoms with Gasteiger partial charge in [0.2, 0.25) is 5.91 Å². The monoisotopic (exact) mass is 352 g/mol. The van der Waals surface area contributed by atoms with Crippen molar-refractivity contribution in [2.24, 2.45) is 11.8 Å². The number of amides is 3. The topological polar surface area (TPSA) is 73.5 Å². The predicted octanol–water partition coefficient (Wildman–Crippen LogP) is 2.53. The minimum absolute atomic E-state index is 0. The van der Waals surface area contributed by atoms with Gasteiger partial charge in [-0.25, -0.2) is 4.79 Å². The summed E-state index contributed by atoms with van der Waals surface area (Å²) in [7, 11) is 0. The van der Waals surface area contributed by atoms with Gasteiger partial charge in [0.1, 0.15) is 0 Å². The first-order chi connectivity index (χ1) is 11.1. The van der Waals surface area contributed by atoms with Crippen LogP contribution in [-0.4, -0.2) is 43.0 Å². The molecule has 6 nitrogen and oxygen atoms in total. The van der Waals surface area contributed by atoms with Gasteiger partial charge in [-0.3, -0.25) is 4.79 Å². The number of hydrogen-bond acceptors (Lipinski definition) is 3. The molecule has 1 aromatic rings. The summed E-state index contributed by atoms with van der Waals surface area (Å²) >= 11 is 0. The highest BCUT2D eigenvalue weighted by Gasteiger charge is 2.29. The molecule has 24 heavy (non-hydrogen) atoms. The molecule has 2 aliphatic rings. The third-order valence-electron chi connectivity index (χ3n) is 4.75. The van der Waals surface area contributed by atoms with Crippen LogP contribution in [-0.2, 0) is 4.79 Å². The van der Waals surface area contributed by atoms with Crippen LogP contribution in [0.5, 0.6) is 0 Å². The number of para-hydroxylation sites is 2. The van der Waals surface area contributed by atoms with E-state index in [1.165, 1.54) is 0 Å². The lowest BCUT2D eigenvalue weighted by atomic mass is 9.88. The second kappa shape index (κ2) is 8.35. The van der Waals surface area contributed by atoms with Crippen LogP contribution in [0.2, 0.25) is 0 Å². The molecule has 2 aliphatic heterocycles. The molecular formula is C17H25ClN4O2. The average Bonchev–Trinajstić information content (AvgIpc) is 3.01. The van der Waals surface area contributed by atoms with Crippen molar-refractivity contribution in [1.82, 2.24) is 10.2 Å². The fraction of sp³-hybridized carbons (Fsp3) is 0.529. The molecule has 0 saturated carbocycles. The highest BCUT2D eigenvalue weighted by Crippen LogP contribution is 2.24. The Balaban J connectivity index is 0.00000208. The molecule has 3 N–H and O–H groups in total. The molecule has 2 heterocycles. The SMILES string of the molecule is CC(C(=O)Nc1ccccc1NC(=O)N1CCCC1)C1CNC1.Cl. The molecule has 132 valence electrons. The first-order valence-electron chi connectivity index (χ1n) is 8.31. The minimum atomic E-state index is -0.0968. The molecule has 1 aromatic carbocycles. The van der Waals surface area contributed by atoms with E-state index in [0.29, 0.717) is 17.3 Å². The van der Waals surface area contributed by atoms with E-state index in [0.717, 1.165) is 39.0 Å². The highest BCUT2D eigenvalue weighted by atomic mass is 35.5. The third-order valence-corrected chi connectivity index (χ3v) is 4.75. The number of benzene rings is 1. The third kappa shape index (κ3) is 4.19. The van der Waals surface area contributed by atoms with Gasteiger partial charge in [-0.05, 0) is 44.0 Å². The Bertz CT molecular complexity index is 586. The fourth-order valence-corrected chi connectivity index (χ4v) is 2.94. The first-order valence-corrected chi connectivity index (χ1v) is 8.31. The summed E-state index contributed by atoms with van der Waals surface area (Å²) in [6.07, 6.45) is 2.11. The lowest BCUT2D eigenvalue weighted by Crippen LogP contribution is -2.48. The summed E-state index contributed by atoms with van der Waals surface area (Å²) in [4.78, 5) is 26.4. The number of halogens is 1. The number of carbonyl (C=O) groups excluding carboxylic acids is 2. The van der Waals surface area contributed by atoms with Crippen LogP contribution in [0.3, 0.4) is 0 Å². The van der Waals surface area contributed by atoms with Crippen molar-refractivity contribution < 1.29 is 9.59 Å². The van der Waals surface area contributed by atoms with E-state index in [9.17, 15) is 9.59 Å². The van der Waals surface area contributed by atoms with Gasteiger partial charge >= 0.3 is 6.03 Å². The van der Waals surface area contributed by atoms with Gasteiger partial charge in [-0.2, -0.15) is 0 Å². The zero-order valence-electron chi connectivity index (χ0n) is 13.9. The largest absolute Gasteiger partial charge is 0.325 e. The number of likely N-dealkylation sites (tertiary alicyclic amines) is 1. The normalized spacial score (nSPS) is 18.3. The number of carbonyl (C=O) groups is 2. The van der Waals surface area contributed by atoms with Crippen LogP contribution in [0.25, 0.3) is 0 Å². The van der Waals surface area contributed by atoms with Crippen LogP contribution < -0.4 is 16.0 Å². The van der Waals surface area contributed by atoms with Crippen molar-refractivity contribution in [3.05, 3.63) is 24.3 Å². The molecule has 1 unspecified atom stereocenters. The minimum Gasteiger partial charge on any atom is -0.325 e. The summed E-state index contributed by atoms with van der Waals surface area (Å²) in [6, 6.07) is 7.26. The Morgan fingerprint density at radius 3 is 2.25 bits per heavy atom. The van der Waals surface area contributed by atoms with Crippen LogP contribution in [0.1, 0.15) is 19.8 Å². The molecule has 2 fully saturated rings. The van der Waals surface area contributed by atoms with Gasteiger partial charge in [0.05, 0.1) is 11.4 Å². The molecule has 2 saturated heterocycles. The van der Waals surface area contributed by atoms with E-state index in [4.69, 9.17) is 0 Å². The standard InChI is InChI=1S/C17H24N4O2.ClH/c1-12(13-10-18-11-13)16(22)19-14-6-2-3-7-15(14)20-17(23)21-8-4-5-9-21;/h2-3,6-7,12-13,18H,4-5,8-11H2,1H3,(H,19,22)(H,20,23);1H. The van der Waals surface area contributed by atoms with Crippen molar-refractivity contribution in [1.29, 1.82) is 0 Å². The Morgan fingerprint density at radius 1 is 1.12 bits per heavy atom. The van der Waals surface area contributed by atoms with Gasteiger partial charge in [0.15, 0.2) is 0 Å². The van der Waals surface area contributed by atoms with Crippen LogP contribution in [0.15, 0.2) is 24.3 Å². The van der Waals surface area contributed by atoms with E-state index in [-0.39, 0.29) is 30.3 Å². The Labute approximate surface area is 148 Å². The van der Waals surface area contributed by atoms with E-state index in [1.54, 1.807) is 4.90 Å². The van der Waals surface area contributed by atoms with Crippen molar-refractivity contribution >= 4 is 35.7 Å². The van der Waals surface area contributed by atoms with Gasteiger partial charge < -0.3 is 20.9 Å². The lowest BCUT2D eigenvalue weighted by Gasteiger charge is -2.31. The first kappa shape index (κ1) is 18.5. The van der Waals surface area contributed by atoms with Crippen molar-refractivity contribution in [3.63, 3.8) is 0 Å². The number of nitrogens with one attached hydrogen (secondary N) is 3. The van der Waals surface area contributed by atoms with E-state index >= 15 is 0 Å². The fourth-order valence-electron chi connectivity index (χ4n) is 2.94. The van der Waals surface area contributed by atoms with E-state index in [1.807, 2.05) is 31.2 Å². The Morgan fingerprint density at radius 2 is 1.71 bits per heavy atom. The molecule has 7 heteroatoms. The summed E-state index contributed by atoms with van der Waals surface area (Å²) < 4.78 is 0. The van der Waals surface area contributed by atoms with Crippen LogP contribution in [0.4, 0.5) is 16.2 Å². The number of hydrogen-bond donors (Lipinski definition) is 3. The predicted molar refractivity (Wildman–Crippen MR) is 97.7 cm³/mol. The lowest BCUT2D eigenvalue weighted by molar-refractivity contribution is -0.121. The molecule has 1 atom stereocenters. The summed E-state index contributed by atoms with van der Waals surface area (Å²) in [5, 5.41) is 9.06. The number of anilines is 2. The molecule has 3 amide bonds. The van der Waals surface area contributed by atoms with Crippen molar-refractivity contribution in [2.75, 3.05) is 36.8 Å². The van der Waals surface area contributed by atoms with Crippen molar-refractivity contribution in [3.8, 4) is 0 Å². The Kier molecular flexibility index (Phi) is 6.45. The Hall–Kier alpha value is -1.79. The molecule has 0 bridgehead atoms. The zero-order chi connectivity index (χ0) is 16.2. The average molecular weight is 353 g/mol. The zero-order valence-corrected chi connectivity index (χ0v) is 14.7. The van der Waals surface area contributed by atoms with Crippen LogP contribution >= 0.6 is 12.4 Å². The molecule has 0 aliphatic carbocycles. The quantitative estimate of drug-likeness (QED) is 0.779. The highest BCUT2D eigenvalue weighted by molar-refractivity contribution is 5.99. The smallest absolute Gasteiger partial charge is 0.321 e. The molecule has 0 radical (unpaired) electrons. The second-order valence-electron chi connectivity index (χ2n) is 6.37. The number of nitrogens with zero attached hydrogens (tertiary/aromatic N) is 1. The van der Waals surface area contributed by atoms with Gasteiger partial charge in [-0.15, -0.1) is 12.4 Å². The van der Waals surface area contributed by atoms with Crippen molar-refractivity contribution in [2.45, 2.75) is 19.8 Å². The second-order valence-corrected chi connectivity index (χ2v) is 6.37. The molecule has 0 aromatic heterocycles. The van der Waals surface area contributed by atoms with E-state index < -0.39 is 0 Å². The maximum Gasteiger partial charge on any atom is 0.321 e. The molecule has 0 spiro atoms. The van der Waals surface area contributed by atoms with Gasteiger partial charge in [-0.1, -0.05) is 19.1 Å².